The van der Waals surface area contributed by atoms with Crippen molar-refractivity contribution >= 4 is 0 Å². The maximum absolute atomic E-state index is 11.9. The summed E-state index contributed by atoms with van der Waals surface area (Å²) in [6, 6.07) is 4.55. The van der Waals surface area contributed by atoms with Crippen molar-refractivity contribution in [2.24, 2.45) is 0 Å². The van der Waals surface area contributed by atoms with E-state index >= 15 is 0 Å². The largest absolute Gasteiger partial charge is 0.394 e. The van der Waals surface area contributed by atoms with Gasteiger partial charge in [0.15, 0.2) is 6.29 Å². The summed E-state index contributed by atoms with van der Waals surface area (Å²) in [6.45, 7) is -0.407. The molecule has 18 heavy (non-hydrogen) atoms. The van der Waals surface area contributed by atoms with Crippen LogP contribution in [0.15, 0.2) is 24.3 Å². The highest BCUT2D eigenvalue weighted by atomic mass is 19.1. The van der Waals surface area contributed by atoms with E-state index in [9.17, 15) is 8.78 Å². The van der Waals surface area contributed by atoms with Crippen LogP contribution in [0.25, 0.3) is 0 Å². The lowest BCUT2D eigenvalue weighted by molar-refractivity contribution is -0.132. The minimum absolute atomic E-state index is 0.407. The quantitative estimate of drug-likeness (QED) is 0.543. The first-order valence-electron chi connectivity index (χ1n) is 5.17. The summed E-state index contributed by atoms with van der Waals surface area (Å²) >= 11 is 0. The predicted octanol–water partition coefficient (Wildman–Crippen LogP) is -0.618. The molecule has 1 fully saturated rings. The second kappa shape index (κ2) is 6.72. The van der Waals surface area contributed by atoms with Crippen molar-refractivity contribution in [2.75, 3.05) is 6.61 Å². The molecule has 1 aliphatic heterocycles. The fraction of sp³-hybridized carbons (Fsp3) is 0.455. The first-order valence-corrected chi connectivity index (χ1v) is 5.17. The van der Waals surface area contributed by atoms with Gasteiger partial charge in [-0.15, -0.1) is 0 Å². The van der Waals surface area contributed by atoms with Gasteiger partial charge in [0.05, 0.1) is 6.61 Å². The summed E-state index contributed by atoms with van der Waals surface area (Å²) in [4.78, 5) is 0. The molecule has 0 unspecified atom stereocenters. The molecule has 7 heteroatoms. The zero-order valence-electron chi connectivity index (χ0n) is 9.28. The van der Waals surface area contributed by atoms with Gasteiger partial charge in [0.2, 0.25) is 0 Å². The Kier molecular flexibility index (Phi) is 5.57. The molecular formula is C11H14F2O5. The summed E-state index contributed by atoms with van der Waals surface area (Å²) in [5, 5.41) is 35.0. The van der Waals surface area contributed by atoms with Crippen LogP contribution in [0.5, 0.6) is 0 Å². The van der Waals surface area contributed by atoms with E-state index in [4.69, 9.17) is 20.4 Å². The van der Waals surface area contributed by atoms with E-state index < -0.39 is 42.8 Å². The molecule has 4 N–H and O–H groups in total. The average Bonchev–Trinajstić information content (AvgIpc) is 2.57. The van der Waals surface area contributed by atoms with E-state index in [2.05, 4.69) is 4.74 Å². The van der Waals surface area contributed by atoms with Gasteiger partial charge < -0.3 is 25.2 Å². The summed E-state index contributed by atoms with van der Waals surface area (Å²) in [6.07, 6.45) is -4.76. The molecular weight excluding hydrogens is 250 g/mol. The van der Waals surface area contributed by atoms with Gasteiger partial charge in [0, 0.05) is 6.07 Å². The maximum atomic E-state index is 11.9. The van der Waals surface area contributed by atoms with Gasteiger partial charge in [-0.3, -0.25) is 0 Å². The minimum atomic E-state index is -1.38. The predicted molar refractivity (Wildman–Crippen MR) is 56.3 cm³/mol. The van der Waals surface area contributed by atoms with E-state index in [1.165, 1.54) is 18.2 Å². The first-order chi connectivity index (χ1) is 8.45. The second-order valence-electron chi connectivity index (χ2n) is 3.67. The number of aliphatic hydroxyl groups excluding tert-OH is 4. The van der Waals surface area contributed by atoms with Crippen LogP contribution in [0.4, 0.5) is 8.78 Å². The van der Waals surface area contributed by atoms with Crippen molar-refractivity contribution in [3.63, 3.8) is 0 Å². The third kappa shape index (κ3) is 3.97. The van der Waals surface area contributed by atoms with Crippen LogP contribution in [0.1, 0.15) is 0 Å². The zero-order chi connectivity index (χ0) is 13.7. The van der Waals surface area contributed by atoms with Gasteiger partial charge in [-0.05, 0) is 12.1 Å². The molecule has 0 amide bonds. The number of halogens is 2. The Morgan fingerprint density at radius 2 is 1.61 bits per heavy atom. The lowest BCUT2D eigenvalue weighted by Gasteiger charge is -2.09. The SMILES string of the molecule is Fc1cccc(F)c1.OC[C@H]1O[C@@H](O)[C@H](O)[C@@H]1O. The molecule has 1 saturated heterocycles. The van der Waals surface area contributed by atoms with E-state index in [1.807, 2.05) is 0 Å². The van der Waals surface area contributed by atoms with Gasteiger partial charge in [-0.1, -0.05) is 6.07 Å². The van der Waals surface area contributed by atoms with Crippen molar-refractivity contribution in [2.45, 2.75) is 24.6 Å². The molecule has 0 aliphatic carbocycles. The number of hydrogen-bond acceptors (Lipinski definition) is 5. The molecule has 5 nitrogen and oxygen atoms in total. The standard InChI is InChI=1S/C6H4F2.C5H10O5/c7-5-2-1-3-6(8)4-5;6-1-2-3(7)4(8)5(9)10-2/h1-4H;2-9H,1H2/t;2-,3-,4-,5-/m.1/s1. The average molecular weight is 264 g/mol. The molecule has 0 spiro atoms. The molecule has 1 aromatic carbocycles. The van der Waals surface area contributed by atoms with Crippen LogP contribution in [0.2, 0.25) is 0 Å². The summed E-state index contributed by atoms with van der Waals surface area (Å²) < 4.78 is 28.4. The van der Waals surface area contributed by atoms with Crippen LogP contribution in [-0.2, 0) is 4.74 Å². The third-order valence-electron chi connectivity index (χ3n) is 2.30. The highest BCUT2D eigenvalue weighted by Crippen LogP contribution is 2.18. The Bertz CT molecular complexity index is 359. The van der Waals surface area contributed by atoms with E-state index in [1.54, 1.807) is 0 Å². The Morgan fingerprint density at radius 1 is 1.06 bits per heavy atom. The lowest BCUT2D eigenvalue weighted by Crippen LogP contribution is -2.33. The van der Waals surface area contributed by atoms with E-state index in [0.717, 1.165) is 6.07 Å². The Morgan fingerprint density at radius 3 is 1.83 bits per heavy atom. The summed E-state index contributed by atoms with van der Waals surface area (Å²) in [7, 11) is 0. The van der Waals surface area contributed by atoms with Crippen molar-refractivity contribution < 1.29 is 33.9 Å². The van der Waals surface area contributed by atoms with Crippen LogP contribution >= 0.6 is 0 Å². The van der Waals surface area contributed by atoms with Crippen molar-refractivity contribution in [1.82, 2.24) is 0 Å². The second-order valence-corrected chi connectivity index (χ2v) is 3.67. The Labute approximate surface area is 102 Å². The molecule has 102 valence electrons. The zero-order valence-corrected chi connectivity index (χ0v) is 9.28. The number of ether oxygens (including phenoxy) is 1. The molecule has 1 aromatic rings. The highest BCUT2D eigenvalue weighted by Gasteiger charge is 2.41. The number of benzene rings is 1. The van der Waals surface area contributed by atoms with Gasteiger partial charge in [-0.2, -0.15) is 0 Å². The monoisotopic (exact) mass is 264 g/mol. The molecule has 4 atom stereocenters. The summed E-state index contributed by atoms with van der Waals surface area (Å²) in [5.41, 5.74) is 0. The van der Waals surface area contributed by atoms with Crippen LogP contribution in [-0.4, -0.2) is 51.6 Å². The van der Waals surface area contributed by atoms with Gasteiger partial charge in [0.1, 0.15) is 29.9 Å². The normalized spacial score (nSPS) is 30.8. The van der Waals surface area contributed by atoms with Crippen molar-refractivity contribution in [1.29, 1.82) is 0 Å². The Balaban J connectivity index is 0.000000184. The first kappa shape index (κ1) is 14.9. The van der Waals surface area contributed by atoms with Crippen LogP contribution in [0.3, 0.4) is 0 Å². The third-order valence-corrected chi connectivity index (χ3v) is 2.30. The smallest absolute Gasteiger partial charge is 0.184 e. The lowest BCUT2D eigenvalue weighted by atomic mass is 10.1. The van der Waals surface area contributed by atoms with Crippen molar-refractivity contribution in [3.8, 4) is 0 Å². The van der Waals surface area contributed by atoms with Crippen LogP contribution in [0, 0.1) is 11.6 Å². The fourth-order valence-electron chi connectivity index (χ4n) is 1.34. The van der Waals surface area contributed by atoms with Gasteiger partial charge in [-0.25, -0.2) is 8.78 Å². The molecule has 0 radical (unpaired) electrons. The van der Waals surface area contributed by atoms with Gasteiger partial charge >= 0.3 is 0 Å². The van der Waals surface area contributed by atoms with Gasteiger partial charge in [0.25, 0.3) is 0 Å². The molecule has 2 rings (SSSR count). The minimum Gasteiger partial charge on any atom is -0.394 e. The summed E-state index contributed by atoms with van der Waals surface area (Å²) in [5.74, 6) is -1.07. The molecule has 0 bridgehead atoms. The van der Waals surface area contributed by atoms with E-state index in [-0.39, 0.29) is 0 Å². The van der Waals surface area contributed by atoms with Crippen molar-refractivity contribution in [3.05, 3.63) is 35.9 Å². The fourth-order valence-corrected chi connectivity index (χ4v) is 1.34. The molecule has 0 aromatic heterocycles. The number of aliphatic hydroxyl groups is 4. The molecule has 1 heterocycles. The van der Waals surface area contributed by atoms with Crippen LogP contribution < -0.4 is 0 Å². The molecule has 0 saturated carbocycles. The topological polar surface area (TPSA) is 90.2 Å². The maximum Gasteiger partial charge on any atom is 0.184 e. The van der Waals surface area contributed by atoms with E-state index in [0.29, 0.717) is 0 Å². The highest BCUT2D eigenvalue weighted by molar-refractivity contribution is 5.04. The molecule has 1 aliphatic rings. The number of rotatable bonds is 1. The Hall–Kier alpha value is -1.12. The number of hydrogen-bond donors (Lipinski definition) is 4.